The largest absolute Gasteiger partial charge is 0.313 e. The molecule has 1 amide bonds. The average Bonchev–Trinajstić information content (AvgIpc) is 3.22. The summed E-state index contributed by atoms with van der Waals surface area (Å²) in [5.74, 6) is 0.136. The topological polar surface area (TPSA) is 75.6 Å². The van der Waals surface area contributed by atoms with Crippen molar-refractivity contribution in [3.8, 4) is 11.3 Å². The summed E-state index contributed by atoms with van der Waals surface area (Å²) < 4.78 is 1.80. The van der Waals surface area contributed by atoms with E-state index in [1.807, 2.05) is 43.4 Å². The molecule has 2 N–H and O–H groups in total. The Morgan fingerprint density at radius 3 is 2.76 bits per heavy atom. The number of fused-ring (bicyclic) bond motifs is 1. The van der Waals surface area contributed by atoms with Crippen LogP contribution in [0.2, 0.25) is 5.02 Å². The molecule has 0 saturated heterocycles. The van der Waals surface area contributed by atoms with Crippen molar-refractivity contribution in [1.82, 2.24) is 19.7 Å². The van der Waals surface area contributed by atoms with E-state index in [2.05, 4.69) is 20.5 Å². The fourth-order valence-corrected chi connectivity index (χ4v) is 2.81. The predicted octanol–water partition coefficient (Wildman–Crippen LogP) is 3.87. The van der Waals surface area contributed by atoms with Gasteiger partial charge in [-0.25, -0.2) is 4.98 Å². The number of hydrogen-bond acceptors (Lipinski definition) is 3. The number of carbonyl (C=O) groups excluding carboxylic acids is 1. The number of carbonyl (C=O) groups is 1. The third-order valence-corrected chi connectivity index (χ3v) is 4.20. The Morgan fingerprint density at radius 1 is 1.16 bits per heavy atom. The van der Waals surface area contributed by atoms with Crippen LogP contribution in [-0.2, 0) is 7.05 Å². The molecular weight excluding hydrogens is 338 g/mol. The molecule has 7 heteroatoms. The third kappa shape index (κ3) is 2.88. The van der Waals surface area contributed by atoms with E-state index in [0.29, 0.717) is 22.4 Å². The highest BCUT2D eigenvalue weighted by molar-refractivity contribution is 6.31. The number of imidazole rings is 1. The molecule has 2 aromatic carbocycles. The van der Waals surface area contributed by atoms with Gasteiger partial charge in [-0.1, -0.05) is 41.9 Å². The lowest BCUT2D eigenvalue weighted by molar-refractivity contribution is 0.102. The molecule has 2 aromatic heterocycles. The Morgan fingerprint density at radius 2 is 1.96 bits per heavy atom. The van der Waals surface area contributed by atoms with Gasteiger partial charge in [0.25, 0.3) is 5.91 Å². The summed E-state index contributed by atoms with van der Waals surface area (Å²) in [5, 5.41) is 10.4. The molecule has 0 saturated carbocycles. The Hall–Kier alpha value is -3.12. The maximum absolute atomic E-state index is 12.5. The number of H-pyrrole nitrogens is 1. The summed E-state index contributed by atoms with van der Waals surface area (Å²) in [4.78, 5) is 16.9. The summed E-state index contributed by atoms with van der Waals surface area (Å²) in [6, 6.07) is 16.8. The lowest BCUT2D eigenvalue weighted by Gasteiger charge is -2.03. The van der Waals surface area contributed by atoms with Crippen LogP contribution in [0, 0.1) is 0 Å². The highest BCUT2D eigenvalue weighted by Gasteiger charge is 2.15. The molecule has 0 unspecified atom stereocenters. The monoisotopic (exact) mass is 351 g/mol. The Bertz CT molecular complexity index is 1070. The second-order valence-electron chi connectivity index (χ2n) is 5.61. The van der Waals surface area contributed by atoms with Crippen molar-refractivity contribution in [2.24, 2.45) is 7.05 Å². The maximum atomic E-state index is 12.5. The van der Waals surface area contributed by atoms with Crippen LogP contribution in [-0.4, -0.2) is 25.7 Å². The van der Waals surface area contributed by atoms with Gasteiger partial charge in [-0.3, -0.25) is 15.2 Å². The predicted molar refractivity (Wildman–Crippen MR) is 97.7 cm³/mol. The van der Waals surface area contributed by atoms with Crippen molar-refractivity contribution in [3.05, 3.63) is 65.3 Å². The molecule has 0 atom stereocenters. The first-order valence-electron chi connectivity index (χ1n) is 7.66. The molecule has 0 aliphatic carbocycles. The quantitative estimate of drug-likeness (QED) is 0.588. The molecule has 0 aliphatic rings. The van der Waals surface area contributed by atoms with Gasteiger partial charge in [-0.15, -0.1) is 0 Å². The number of hydrogen-bond donors (Lipinski definition) is 2. The maximum Gasteiger partial charge on any atom is 0.275 e. The van der Waals surface area contributed by atoms with Crippen LogP contribution < -0.4 is 5.32 Å². The summed E-state index contributed by atoms with van der Waals surface area (Å²) in [5.41, 5.74) is 3.62. The molecular formula is C18H14ClN5O. The first-order chi connectivity index (χ1) is 12.1. The first-order valence-corrected chi connectivity index (χ1v) is 8.04. The van der Waals surface area contributed by atoms with Crippen LogP contribution in [0.4, 0.5) is 5.95 Å². The van der Waals surface area contributed by atoms with Crippen LogP contribution in [0.3, 0.4) is 0 Å². The number of nitrogens with one attached hydrogen (secondary N) is 2. The number of aryl methyl sites for hydroxylation is 1. The fraction of sp³-hybridized carbons (Fsp3) is 0.0556. The highest BCUT2D eigenvalue weighted by Crippen LogP contribution is 2.22. The number of rotatable bonds is 3. The fourth-order valence-electron chi connectivity index (χ4n) is 2.65. The van der Waals surface area contributed by atoms with Gasteiger partial charge in [-0.05, 0) is 24.3 Å². The number of aromatic nitrogens is 4. The van der Waals surface area contributed by atoms with Crippen LogP contribution in [0.25, 0.3) is 22.3 Å². The summed E-state index contributed by atoms with van der Waals surface area (Å²) in [6.45, 7) is 0. The number of halogens is 1. The number of anilines is 1. The lowest BCUT2D eigenvalue weighted by atomic mass is 10.1. The van der Waals surface area contributed by atoms with Gasteiger partial charge >= 0.3 is 0 Å². The molecule has 6 nitrogen and oxygen atoms in total. The summed E-state index contributed by atoms with van der Waals surface area (Å²) in [6.07, 6.45) is 0. The van der Waals surface area contributed by atoms with Crippen molar-refractivity contribution in [2.45, 2.75) is 0 Å². The number of benzene rings is 2. The highest BCUT2D eigenvalue weighted by atomic mass is 35.5. The van der Waals surface area contributed by atoms with Crippen molar-refractivity contribution in [2.75, 3.05) is 5.32 Å². The van der Waals surface area contributed by atoms with E-state index in [0.717, 1.165) is 16.6 Å². The van der Waals surface area contributed by atoms with Gasteiger partial charge in [0.2, 0.25) is 5.95 Å². The van der Waals surface area contributed by atoms with Crippen molar-refractivity contribution < 1.29 is 4.79 Å². The minimum atomic E-state index is -0.306. The van der Waals surface area contributed by atoms with Crippen molar-refractivity contribution in [1.29, 1.82) is 0 Å². The molecule has 25 heavy (non-hydrogen) atoms. The van der Waals surface area contributed by atoms with Gasteiger partial charge in [0.15, 0.2) is 0 Å². The number of amides is 1. The summed E-state index contributed by atoms with van der Waals surface area (Å²) in [7, 11) is 1.83. The normalized spacial score (nSPS) is 11.0. The zero-order valence-electron chi connectivity index (χ0n) is 13.3. The Kier molecular flexibility index (Phi) is 3.74. The van der Waals surface area contributed by atoms with E-state index in [9.17, 15) is 4.79 Å². The van der Waals surface area contributed by atoms with E-state index in [4.69, 9.17) is 11.6 Å². The molecule has 0 fully saturated rings. The first kappa shape index (κ1) is 15.4. The van der Waals surface area contributed by atoms with E-state index >= 15 is 0 Å². The van der Waals surface area contributed by atoms with Crippen LogP contribution in [0.1, 0.15) is 10.5 Å². The van der Waals surface area contributed by atoms with Crippen LogP contribution in [0.5, 0.6) is 0 Å². The lowest BCUT2D eigenvalue weighted by Crippen LogP contribution is -2.15. The molecule has 4 aromatic rings. The average molecular weight is 352 g/mol. The zero-order valence-corrected chi connectivity index (χ0v) is 14.1. The summed E-state index contributed by atoms with van der Waals surface area (Å²) >= 11 is 5.99. The molecule has 0 radical (unpaired) electrons. The van der Waals surface area contributed by atoms with E-state index in [-0.39, 0.29) is 5.91 Å². The molecule has 0 spiro atoms. The zero-order chi connectivity index (χ0) is 17.4. The van der Waals surface area contributed by atoms with Gasteiger partial charge in [0.05, 0.1) is 16.7 Å². The Balaban J connectivity index is 1.60. The van der Waals surface area contributed by atoms with E-state index in [1.165, 1.54) is 0 Å². The third-order valence-electron chi connectivity index (χ3n) is 3.96. The van der Waals surface area contributed by atoms with Gasteiger partial charge in [0.1, 0.15) is 5.69 Å². The molecule has 2 heterocycles. The van der Waals surface area contributed by atoms with Crippen molar-refractivity contribution in [3.63, 3.8) is 0 Å². The van der Waals surface area contributed by atoms with E-state index in [1.54, 1.807) is 22.8 Å². The van der Waals surface area contributed by atoms with Gasteiger partial charge in [0, 0.05) is 17.6 Å². The van der Waals surface area contributed by atoms with Crippen LogP contribution >= 0.6 is 11.6 Å². The number of aromatic amines is 1. The van der Waals surface area contributed by atoms with Crippen molar-refractivity contribution >= 4 is 34.5 Å². The molecule has 0 bridgehead atoms. The second kappa shape index (κ2) is 6.07. The van der Waals surface area contributed by atoms with Gasteiger partial charge < -0.3 is 4.57 Å². The minimum absolute atomic E-state index is 0.306. The minimum Gasteiger partial charge on any atom is -0.313 e. The molecule has 124 valence electrons. The van der Waals surface area contributed by atoms with Crippen LogP contribution in [0.15, 0.2) is 54.6 Å². The van der Waals surface area contributed by atoms with E-state index < -0.39 is 0 Å². The smallest absolute Gasteiger partial charge is 0.275 e. The number of nitrogens with zero attached hydrogens (tertiary/aromatic N) is 3. The standard InChI is InChI=1S/C18H14ClN5O/c1-24-16-8-7-12(19)9-14(16)20-18(24)21-17(25)15-10-13(22-23-15)11-5-3-2-4-6-11/h2-10H,1H3,(H,22,23)(H,20,21,25). The second-order valence-corrected chi connectivity index (χ2v) is 6.05. The molecule has 0 aliphatic heterocycles. The van der Waals surface area contributed by atoms with Gasteiger partial charge in [-0.2, -0.15) is 5.10 Å². The molecule has 4 rings (SSSR count). The Labute approximate surface area is 148 Å². The SMILES string of the molecule is Cn1c(NC(=O)c2cc(-c3ccccc3)n[nH]2)nc2cc(Cl)ccc21.